The summed E-state index contributed by atoms with van der Waals surface area (Å²) in [4.78, 5) is 24.7. The quantitative estimate of drug-likeness (QED) is 0.578. The molecule has 2 aliphatic heterocycles. The standard InChI is InChI=1S/C21H17BrF3NO5/c1-29-18(27)7-11-9-30-17-8-12(5-6-13(11)17)26(20(28)21(23,24)25)16-10-31-19-14(16)3-2-4-15(19)22/h2-6,8,11,16H,7,9-10H2,1H3/t11-,16+/m1/s1. The number of carbonyl (C=O) groups excluding carboxylic acids is 2. The molecule has 0 radical (unpaired) electrons. The number of fused-ring (bicyclic) bond motifs is 2. The topological polar surface area (TPSA) is 65.1 Å². The number of ether oxygens (including phenoxy) is 3. The van der Waals surface area contributed by atoms with Gasteiger partial charge in [-0.25, -0.2) is 0 Å². The molecule has 0 aliphatic carbocycles. The summed E-state index contributed by atoms with van der Waals surface area (Å²) in [6, 6.07) is 8.45. The predicted octanol–water partition coefficient (Wildman–Crippen LogP) is 4.52. The Labute approximate surface area is 184 Å². The molecule has 2 aromatic rings. The Morgan fingerprint density at radius 1 is 1.16 bits per heavy atom. The summed E-state index contributed by atoms with van der Waals surface area (Å²) >= 11 is 3.32. The normalized spacial score (nSPS) is 19.1. The van der Waals surface area contributed by atoms with E-state index in [0.717, 1.165) is 0 Å². The molecule has 0 fully saturated rings. The highest BCUT2D eigenvalue weighted by molar-refractivity contribution is 9.10. The lowest BCUT2D eigenvalue weighted by Gasteiger charge is -2.29. The van der Waals surface area contributed by atoms with Crippen LogP contribution in [0.5, 0.6) is 11.5 Å². The zero-order chi connectivity index (χ0) is 22.3. The highest BCUT2D eigenvalue weighted by atomic mass is 79.9. The molecule has 6 nitrogen and oxygen atoms in total. The van der Waals surface area contributed by atoms with Crippen LogP contribution in [0.1, 0.15) is 29.5 Å². The molecule has 0 N–H and O–H groups in total. The first-order valence-electron chi connectivity index (χ1n) is 9.36. The third-order valence-electron chi connectivity index (χ3n) is 5.31. The molecule has 0 bridgehead atoms. The van der Waals surface area contributed by atoms with Gasteiger partial charge in [-0.15, -0.1) is 0 Å². The Bertz CT molecular complexity index is 1040. The maximum Gasteiger partial charge on any atom is 0.471 e. The van der Waals surface area contributed by atoms with E-state index < -0.39 is 24.1 Å². The van der Waals surface area contributed by atoms with Gasteiger partial charge in [-0.2, -0.15) is 13.2 Å². The van der Waals surface area contributed by atoms with Crippen LogP contribution in [0.2, 0.25) is 0 Å². The third-order valence-corrected chi connectivity index (χ3v) is 5.94. The van der Waals surface area contributed by atoms with Crippen LogP contribution < -0.4 is 14.4 Å². The smallest absolute Gasteiger partial charge is 0.471 e. The lowest BCUT2D eigenvalue weighted by molar-refractivity contribution is -0.171. The highest BCUT2D eigenvalue weighted by Gasteiger charge is 2.48. The number of rotatable bonds is 4. The summed E-state index contributed by atoms with van der Waals surface area (Å²) in [7, 11) is 1.28. The average Bonchev–Trinajstić information content (AvgIpc) is 3.33. The number of benzene rings is 2. The summed E-state index contributed by atoms with van der Waals surface area (Å²) in [6.07, 6.45) is -4.99. The van der Waals surface area contributed by atoms with Crippen LogP contribution >= 0.6 is 15.9 Å². The first-order chi connectivity index (χ1) is 14.7. The minimum Gasteiger partial charge on any atom is -0.493 e. The van der Waals surface area contributed by atoms with Crippen LogP contribution in [-0.4, -0.2) is 38.4 Å². The SMILES string of the molecule is COC(=O)C[C@@H]1COc2cc(N(C(=O)C(F)(F)F)[C@H]3COc4c(Br)cccc43)ccc21. The van der Waals surface area contributed by atoms with E-state index in [1.54, 1.807) is 24.3 Å². The van der Waals surface area contributed by atoms with Crippen LogP contribution in [0.25, 0.3) is 0 Å². The number of anilines is 1. The van der Waals surface area contributed by atoms with Gasteiger partial charge in [0, 0.05) is 28.8 Å². The van der Waals surface area contributed by atoms with Crippen molar-refractivity contribution in [3.05, 3.63) is 52.0 Å². The number of para-hydroxylation sites is 1. The van der Waals surface area contributed by atoms with E-state index in [1.807, 2.05) is 0 Å². The van der Waals surface area contributed by atoms with Gasteiger partial charge in [0.25, 0.3) is 0 Å². The van der Waals surface area contributed by atoms with E-state index in [1.165, 1.54) is 19.2 Å². The van der Waals surface area contributed by atoms with Gasteiger partial charge in [0.2, 0.25) is 0 Å². The third kappa shape index (κ3) is 3.96. The molecule has 2 aliphatic rings. The molecule has 1 amide bonds. The van der Waals surface area contributed by atoms with Gasteiger partial charge in [0.15, 0.2) is 0 Å². The fourth-order valence-corrected chi connectivity index (χ4v) is 4.35. The Morgan fingerprint density at radius 3 is 2.65 bits per heavy atom. The van der Waals surface area contributed by atoms with E-state index in [-0.39, 0.29) is 31.2 Å². The lowest BCUT2D eigenvalue weighted by atomic mass is 9.97. The fraction of sp³-hybridized carbons (Fsp3) is 0.333. The summed E-state index contributed by atoms with van der Waals surface area (Å²) < 4.78 is 56.9. The molecule has 2 heterocycles. The molecule has 2 atom stereocenters. The molecule has 31 heavy (non-hydrogen) atoms. The predicted molar refractivity (Wildman–Crippen MR) is 107 cm³/mol. The first-order valence-corrected chi connectivity index (χ1v) is 10.1. The van der Waals surface area contributed by atoms with Crippen LogP contribution in [0, 0.1) is 0 Å². The van der Waals surface area contributed by atoms with E-state index in [4.69, 9.17) is 9.47 Å². The maximum atomic E-state index is 13.5. The molecular weight excluding hydrogens is 483 g/mol. The van der Waals surface area contributed by atoms with Crippen molar-refractivity contribution in [3.63, 3.8) is 0 Å². The van der Waals surface area contributed by atoms with Crippen LogP contribution in [-0.2, 0) is 14.3 Å². The summed E-state index contributed by atoms with van der Waals surface area (Å²) in [5.41, 5.74) is 1.18. The number of amides is 1. The number of alkyl halides is 3. The second kappa shape index (κ2) is 8.07. The molecule has 0 saturated heterocycles. The largest absolute Gasteiger partial charge is 0.493 e. The first kappa shape index (κ1) is 21.5. The fourth-order valence-electron chi connectivity index (χ4n) is 3.85. The number of halogens is 4. The van der Waals surface area contributed by atoms with Crippen LogP contribution in [0.15, 0.2) is 40.9 Å². The maximum absolute atomic E-state index is 13.5. The Morgan fingerprint density at radius 2 is 1.94 bits per heavy atom. The number of carbonyl (C=O) groups is 2. The number of esters is 1. The number of hydrogen-bond acceptors (Lipinski definition) is 5. The Hall–Kier alpha value is -2.75. The zero-order valence-corrected chi connectivity index (χ0v) is 17.8. The van der Waals surface area contributed by atoms with Crippen LogP contribution in [0.3, 0.4) is 0 Å². The monoisotopic (exact) mass is 499 g/mol. The number of methoxy groups -OCH3 is 1. The molecule has 0 unspecified atom stereocenters. The molecular formula is C21H17BrF3NO5. The number of hydrogen-bond donors (Lipinski definition) is 0. The van der Waals surface area contributed by atoms with Crippen molar-refractivity contribution in [3.8, 4) is 11.5 Å². The van der Waals surface area contributed by atoms with E-state index >= 15 is 0 Å². The second-order valence-electron chi connectivity index (χ2n) is 7.17. The van der Waals surface area contributed by atoms with Gasteiger partial charge in [-0.3, -0.25) is 14.5 Å². The molecule has 10 heteroatoms. The lowest BCUT2D eigenvalue weighted by Crippen LogP contribution is -2.44. The second-order valence-corrected chi connectivity index (χ2v) is 8.02. The highest BCUT2D eigenvalue weighted by Crippen LogP contribution is 2.45. The van der Waals surface area contributed by atoms with Gasteiger partial charge < -0.3 is 14.2 Å². The van der Waals surface area contributed by atoms with Gasteiger partial charge in [-0.05, 0) is 28.1 Å². The minimum atomic E-state index is -5.08. The van der Waals surface area contributed by atoms with Crippen molar-refractivity contribution in [2.45, 2.75) is 24.6 Å². The molecule has 4 rings (SSSR count). The molecule has 164 valence electrons. The van der Waals surface area contributed by atoms with E-state index in [2.05, 4.69) is 20.7 Å². The van der Waals surface area contributed by atoms with Crippen molar-refractivity contribution >= 4 is 33.5 Å². The van der Waals surface area contributed by atoms with Gasteiger partial charge >= 0.3 is 18.1 Å². The van der Waals surface area contributed by atoms with Crippen LogP contribution in [0.4, 0.5) is 18.9 Å². The van der Waals surface area contributed by atoms with Gasteiger partial charge in [-0.1, -0.05) is 18.2 Å². The van der Waals surface area contributed by atoms with Crippen molar-refractivity contribution < 1.29 is 37.0 Å². The Balaban J connectivity index is 1.73. The average molecular weight is 500 g/mol. The van der Waals surface area contributed by atoms with Crippen molar-refractivity contribution in [2.24, 2.45) is 0 Å². The van der Waals surface area contributed by atoms with Gasteiger partial charge in [0.1, 0.15) is 18.1 Å². The van der Waals surface area contributed by atoms with Crippen molar-refractivity contribution in [1.29, 1.82) is 0 Å². The van der Waals surface area contributed by atoms with E-state index in [0.29, 0.717) is 32.0 Å². The van der Waals surface area contributed by atoms with E-state index in [9.17, 15) is 22.8 Å². The molecule has 2 aromatic carbocycles. The van der Waals surface area contributed by atoms with Gasteiger partial charge in [0.05, 0.1) is 30.7 Å². The molecule has 0 spiro atoms. The van der Waals surface area contributed by atoms with Crippen molar-refractivity contribution in [2.75, 3.05) is 25.2 Å². The Kier molecular flexibility index (Phi) is 5.59. The number of nitrogens with zero attached hydrogens (tertiary/aromatic N) is 1. The zero-order valence-electron chi connectivity index (χ0n) is 16.2. The molecule has 0 saturated carbocycles. The molecule has 0 aromatic heterocycles. The van der Waals surface area contributed by atoms with Crippen molar-refractivity contribution in [1.82, 2.24) is 0 Å². The summed E-state index contributed by atoms with van der Waals surface area (Å²) in [5.74, 6) is -1.94. The summed E-state index contributed by atoms with van der Waals surface area (Å²) in [5, 5.41) is 0. The minimum absolute atomic E-state index is 0.0289. The summed E-state index contributed by atoms with van der Waals surface area (Å²) in [6.45, 7) is 0.0755.